The molecule has 1 aliphatic heterocycles. The van der Waals surface area contributed by atoms with Crippen LogP contribution >= 0.6 is 0 Å². The minimum absolute atomic E-state index is 0.207. The Morgan fingerprint density at radius 3 is 2.53 bits per heavy atom. The van der Waals surface area contributed by atoms with Crippen molar-refractivity contribution in [3.8, 4) is 0 Å². The summed E-state index contributed by atoms with van der Waals surface area (Å²) >= 11 is 0. The topological polar surface area (TPSA) is 78.9 Å². The van der Waals surface area contributed by atoms with Crippen LogP contribution in [0.1, 0.15) is 34.1 Å². The molecule has 2 amide bonds. The fraction of sp³-hybridized carbons (Fsp3) is 0.846. The van der Waals surface area contributed by atoms with Crippen LogP contribution in [0.5, 0.6) is 0 Å². The van der Waals surface area contributed by atoms with Crippen molar-refractivity contribution in [1.29, 1.82) is 0 Å². The first-order valence-corrected chi connectivity index (χ1v) is 6.62. The van der Waals surface area contributed by atoms with E-state index in [1.54, 1.807) is 4.90 Å². The highest BCUT2D eigenvalue weighted by atomic mass is 16.5. The summed E-state index contributed by atoms with van der Waals surface area (Å²) in [6.07, 6.45) is 0.422. The van der Waals surface area contributed by atoms with Crippen molar-refractivity contribution in [2.45, 2.75) is 45.7 Å². The predicted octanol–water partition coefficient (Wildman–Crippen LogP) is 1.31. The minimum Gasteiger partial charge on any atom is -0.480 e. The monoisotopic (exact) mass is 272 g/mol. The van der Waals surface area contributed by atoms with Crippen LogP contribution in [-0.4, -0.2) is 53.3 Å². The van der Waals surface area contributed by atoms with Crippen LogP contribution in [0, 0.1) is 5.92 Å². The van der Waals surface area contributed by atoms with Gasteiger partial charge in [0.25, 0.3) is 0 Å². The summed E-state index contributed by atoms with van der Waals surface area (Å²) in [5.41, 5.74) is -0.413. The Morgan fingerprint density at radius 2 is 2.05 bits per heavy atom. The van der Waals surface area contributed by atoms with Crippen molar-refractivity contribution in [3.63, 3.8) is 0 Å². The van der Waals surface area contributed by atoms with Crippen LogP contribution in [0.15, 0.2) is 0 Å². The molecule has 1 atom stereocenters. The molecular weight excluding hydrogens is 248 g/mol. The van der Waals surface area contributed by atoms with E-state index >= 15 is 0 Å². The van der Waals surface area contributed by atoms with Gasteiger partial charge in [0.05, 0.1) is 18.8 Å². The first-order chi connectivity index (χ1) is 8.74. The number of rotatable bonds is 4. The summed E-state index contributed by atoms with van der Waals surface area (Å²) in [6, 6.07) is -1.17. The van der Waals surface area contributed by atoms with Gasteiger partial charge >= 0.3 is 12.0 Å². The zero-order valence-corrected chi connectivity index (χ0v) is 12.1. The smallest absolute Gasteiger partial charge is 0.326 e. The molecule has 0 aromatic rings. The molecule has 1 rings (SSSR count). The number of nitrogens with one attached hydrogen (secondary N) is 1. The molecule has 0 spiro atoms. The Labute approximate surface area is 114 Å². The average molecular weight is 272 g/mol. The Hall–Kier alpha value is -1.30. The molecule has 6 nitrogen and oxygen atoms in total. The van der Waals surface area contributed by atoms with Gasteiger partial charge in [-0.1, -0.05) is 13.8 Å². The fourth-order valence-electron chi connectivity index (χ4n) is 2.15. The van der Waals surface area contributed by atoms with Gasteiger partial charge in [-0.15, -0.1) is 0 Å². The van der Waals surface area contributed by atoms with Gasteiger partial charge in [-0.3, -0.25) is 0 Å². The van der Waals surface area contributed by atoms with Gasteiger partial charge in [0, 0.05) is 6.54 Å². The van der Waals surface area contributed by atoms with E-state index in [1.165, 1.54) is 0 Å². The number of carboxylic acid groups (broad SMARTS) is 1. The summed E-state index contributed by atoms with van der Waals surface area (Å²) in [5.74, 6) is -0.785. The third kappa shape index (κ3) is 4.38. The Morgan fingerprint density at radius 1 is 1.42 bits per heavy atom. The van der Waals surface area contributed by atoms with E-state index in [1.807, 2.05) is 27.7 Å². The highest BCUT2D eigenvalue weighted by Crippen LogP contribution is 2.19. The molecule has 1 aliphatic rings. The number of carboxylic acids is 1. The first kappa shape index (κ1) is 15.8. The van der Waals surface area contributed by atoms with E-state index < -0.39 is 17.6 Å². The van der Waals surface area contributed by atoms with Crippen molar-refractivity contribution in [2.75, 3.05) is 19.8 Å². The number of morpholine rings is 1. The highest BCUT2D eigenvalue weighted by Gasteiger charge is 2.35. The van der Waals surface area contributed by atoms with E-state index in [0.29, 0.717) is 26.2 Å². The number of nitrogens with zero attached hydrogens (tertiary/aromatic N) is 1. The van der Waals surface area contributed by atoms with Gasteiger partial charge in [-0.25, -0.2) is 9.59 Å². The summed E-state index contributed by atoms with van der Waals surface area (Å²) in [7, 11) is 0. The molecule has 0 aromatic carbocycles. The first-order valence-electron chi connectivity index (χ1n) is 6.62. The van der Waals surface area contributed by atoms with Crippen molar-refractivity contribution < 1.29 is 19.4 Å². The van der Waals surface area contributed by atoms with E-state index in [4.69, 9.17) is 9.84 Å². The lowest BCUT2D eigenvalue weighted by atomic mass is 10.0. The maximum Gasteiger partial charge on any atom is 0.326 e. The molecule has 1 saturated heterocycles. The van der Waals surface area contributed by atoms with Crippen LogP contribution in [0.4, 0.5) is 4.79 Å². The van der Waals surface area contributed by atoms with Crippen LogP contribution in [0.3, 0.4) is 0 Å². The van der Waals surface area contributed by atoms with E-state index in [2.05, 4.69) is 5.32 Å². The quantitative estimate of drug-likeness (QED) is 0.808. The largest absolute Gasteiger partial charge is 0.480 e. The minimum atomic E-state index is -0.992. The lowest BCUT2D eigenvalue weighted by Crippen LogP contribution is -2.60. The SMILES string of the molecule is CC(C)C[C@@H](NC(=O)N1CCOCC1(C)C)C(=O)O. The Balaban J connectivity index is 2.68. The number of hydrogen-bond donors (Lipinski definition) is 2. The van der Waals surface area contributed by atoms with Crippen molar-refractivity contribution in [1.82, 2.24) is 10.2 Å². The molecule has 2 N–H and O–H groups in total. The number of amides is 2. The molecule has 0 aliphatic carbocycles. The van der Waals surface area contributed by atoms with E-state index in [9.17, 15) is 9.59 Å². The number of ether oxygens (including phenoxy) is 1. The number of carbonyl (C=O) groups excluding carboxylic acids is 1. The second kappa shape index (κ2) is 6.23. The summed E-state index contributed by atoms with van der Waals surface area (Å²) in [4.78, 5) is 25.0. The van der Waals surface area contributed by atoms with Gasteiger partial charge in [-0.05, 0) is 26.2 Å². The Kier molecular flexibility index (Phi) is 5.17. The second-order valence-electron chi connectivity index (χ2n) is 5.99. The number of carbonyl (C=O) groups is 2. The molecule has 110 valence electrons. The predicted molar refractivity (Wildman–Crippen MR) is 71.0 cm³/mol. The summed E-state index contributed by atoms with van der Waals surface area (Å²) < 4.78 is 5.34. The summed E-state index contributed by atoms with van der Waals surface area (Å²) in [6.45, 7) is 9.10. The maximum atomic E-state index is 12.2. The Bertz CT molecular complexity index is 342. The van der Waals surface area contributed by atoms with Gasteiger partial charge in [-0.2, -0.15) is 0 Å². The molecule has 0 saturated carbocycles. The zero-order chi connectivity index (χ0) is 14.6. The normalized spacial score (nSPS) is 20.2. The standard InChI is InChI=1S/C13H24N2O4/c1-9(2)7-10(11(16)17)14-12(18)15-5-6-19-8-13(15,3)4/h9-10H,5-8H2,1-4H3,(H,14,18)(H,16,17)/t10-/m1/s1. The molecular formula is C13H24N2O4. The van der Waals surface area contributed by atoms with Gasteiger partial charge in [0.1, 0.15) is 6.04 Å². The molecule has 0 unspecified atom stereocenters. The number of hydrogen-bond acceptors (Lipinski definition) is 3. The molecule has 0 radical (unpaired) electrons. The van der Waals surface area contributed by atoms with Crippen LogP contribution in [-0.2, 0) is 9.53 Å². The molecule has 19 heavy (non-hydrogen) atoms. The molecule has 0 aromatic heterocycles. The summed E-state index contributed by atoms with van der Waals surface area (Å²) in [5, 5.41) is 11.7. The molecule has 6 heteroatoms. The van der Waals surface area contributed by atoms with Gasteiger partial charge in [0.15, 0.2) is 0 Å². The zero-order valence-electron chi connectivity index (χ0n) is 12.1. The molecule has 0 bridgehead atoms. The molecule has 1 heterocycles. The van der Waals surface area contributed by atoms with Crippen molar-refractivity contribution >= 4 is 12.0 Å². The van der Waals surface area contributed by atoms with Crippen LogP contribution in [0.2, 0.25) is 0 Å². The van der Waals surface area contributed by atoms with E-state index in [0.717, 1.165) is 0 Å². The third-order valence-corrected chi connectivity index (χ3v) is 3.19. The lowest BCUT2D eigenvalue weighted by Gasteiger charge is -2.42. The number of aliphatic carboxylic acids is 1. The highest BCUT2D eigenvalue weighted by molar-refractivity contribution is 5.83. The third-order valence-electron chi connectivity index (χ3n) is 3.19. The lowest BCUT2D eigenvalue weighted by molar-refractivity contribution is -0.139. The maximum absolute atomic E-state index is 12.2. The fourth-order valence-corrected chi connectivity index (χ4v) is 2.15. The van der Waals surface area contributed by atoms with Crippen molar-refractivity contribution in [3.05, 3.63) is 0 Å². The van der Waals surface area contributed by atoms with Crippen LogP contribution in [0.25, 0.3) is 0 Å². The molecule has 1 fully saturated rings. The average Bonchev–Trinajstić information content (AvgIpc) is 2.26. The van der Waals surface area contributed by atoms with E-state index in [-0.39, 0.29) is 11.9 Å². The van der Waals surface area contributed by atoms with Crippen molar-refractivity contribution in [2.24, 2.45) is 5.92 Å². The van der Waals surface area contributed by atoms with Crippen LogP contribution < -0.4 is 5.32 Å². The van der Waals surface area contributed by atoms with Gasteiger partial charge in [0.2, 0.25) is 0 Å². The number of urea groups is 1. The van der Waals surface area contributed by atoms with Gasteiger partial charge < -0.3 is 20.1 Å². The second-order valence-corrected chi connectivity index (χ2v) is 5.99.